The molecule has 0 aliphatic carbocycles. The molecule has 4 heteroatoms. The van der Waals surface area contributed by atoms with Crippen LogP contribution >= 0.6 is 11.8 Å². The number of nitrogens with one attached hydrogen (secondary N) is 1. The van der Waals surface area contributed by atoms with Gasteiger partial charge >= 0.3 is 0 Å². The monoisotopic (exact) mass is 230 g/mol. The Kier molecular flexibility index (Phi) is 6.10. The molecule has 1 saturated heterocycles. The number of amides is 1. The maximum absolute atomic E-state index is 11.5. The van der Waals surface area contributed by atoms with Crippen molar-refractivity contribution in [2.75, 3.05) is 18.1 Å². The summed E-state index contributed by atoms with van der Waals surface area (Å²) in [5.41, 5.74) is 5.72. The van der Waals surface area contributed by atoms with Gasteiger partial charge in [-0.3, -0.25) is 4.79 Å². The van der Waals surface area contributed by atoms with Crippen molar-refractivity contribution in [1.29, 1.82) is 0 Å². The molecule has 0 radical (unpaired) electrons. The van der Waals surface area contributed by atoms with Crippen LogP contribution in [0.4, 0.5) is 0 Å². The molecule has 1 amide bonds. The predicted molar refractivity (Wildman–Crippen MR) is 65.9 cm³/mol. The van der Waals surface area contributed by atoms with E-state index in [0.29, 0.717) is 12.3 Å². The Morgan fingerprint density at radius 3 is 2.80 bits per heavy atom. The molecule has 0 bridgehead atoms. The Morgan fingerprint density at radius 2 is 2.20 bits per heavy atom. The molecule has 3 nitrogen and oxygen atoms in total. The van der Waals surface area contributed by atoms with Crippen molar-refractivity contribution in [2.24, 2.45) is 11.7 Å². The molecule has 88 valence electrons. The third-order valence-corrected chi connectivity index (χ3v) is 3.95. The summed E-state index contributed by atoms with van der Waals surface area (Å²) >= 11 is 2.01. The highest BCUT2D eigenvalue weighted by molar-refractivity contribution is 7.99. The van der Waals surface area contributed by atoms with E-state index < -0.39 is 0 Å². The van der Waals surface area contributed by atoms with Gasteiger partial charge in [0.25, 0.3) is 0 Å². The quantitative estimate of drug-likeness (QED) is 0.750. The second-order valence-electron chi connectivity index (χ2n) is 4.23. The van der Waals surface area contributed by atoms with Gasteiger partial charge in [0, 0.05) is 19.0 Å². The van der Waals surface area contributed by atoms with Crippen LogP contribution in [0.15, 0.2) is 0 Å². The lowest BCUT2D eigenvalue weighted by Gasteiger charge is -2.21. The van der Waals surface area contributed by atoms with Gasteiger partial charge in [-0.25, -0.2) is 0 Å². The molecule has 3 N–H and O–H groups in total. The largest absolute Gasteiger partial charge is 0.356 e. The highest BCUT2D eigenvalue weighted by atomic mass is 32.2. The third-order valence-electron chi connectivity index (χ3n) is 2.90. The van der Waals surface area contributed by atoms with E-state index in [1.165, 1.54) is 24.3 Å². The van der Waals surface area contributed by atoms with Gasteiger partial charge in [-0.05, 0) is 36.7 Å². The molecule has 15 heavy (non-hydrogen) atoms. The molecule has 0 spiro atoms. The Hall–Kier alpha value is -0.220. The molecule has 0 aromatic carbocycles. The number of thioether (sulfide) groups is 1. The van der Waals surface area contributed by atoms with Gasteiger partial charge in [-0.2, -0.15) is 11.8 Å². The molecule has 1 heterocycles. The van der Waals surface area contributed by atoms with E-state index in [1.54, 1.807) is 0 Å². The zero-order chi connectivity index (χ0) is 11.1. The third kappa shape index (κ3) is 5.42. The average Bonchev–Trinajstić information content (AvgIpc) is 2.27. The Bertz CT molecular complexity index is 193. The van der Waals surface area contributed by atoms with Gasteiger partial charge in [-0.1, -0.05) is 6.92 Å². The summed E-state index contributed by atoms with van der Waals surface area (Å²) in [4.78, 5) is 11.5. The molecule has 0 saturated carbocycles. The first kappa shape index (κ1) is 12.8. The molecular weight excluding hydrogens is 208 g/mol. The Morgan fingerprint density at radius 1 is 1.53 bits per heavy atom. The van der Waals surface area contributed by atoms with E-state index in [4.69, 9.17) is 5.73 Å². The van der Waals surface area contributed by atoms with Gasteiger partial charge in [-0.15, -0.1) is 0 Å². The summed E-state index contributed by atoms with van der Waals surface area (Å²) in [5.74, 6) is 3.29. The summed E-state index contributed by atoms with van der Waals surface area (Å²) < 4.78 is 0. The number of hydrogen-bond acceptors (Lipinski definition) is 3. The molecule has 1 unspecified atom stereocenters. The van der Waals surface area contributed by atoms with Gasteiger partial charge in [0.15, 0.2) is 0 Å². The van der Waals surface area contributed by atoms with Gasteiger partial charge in [0.05, 0.1) is 0 Å². The smallest absolute Gasteiger partial charge is 0.221 e. The minimum absolute atomic E-state index is 0.0203. The normalized spacial score (nSPS) is 19.9. The molecular formula is C11H22N2OS. The number of nitrogens with two attached hydrogens (primary N) is 1. The van der Waals surface area contributed by atoms with Crippen LogP contribution in [0.25, 0.3) is 0 Å². The Labute approximate surface area is 96.6 Å². The minimum Gasteiger partial charge on any atom is -0.356 e. The second kappa shape index (κ2) is 7.12. The summed E-state index contributed by atoms with van der Waals surface area (Å²) in [5, 5.41) is 2.99. The molecule has 1 rings (SSSR count). The first-order valence-corrected chi connectivity index (χ1v) is 6.97. The Balaban J connectivity index is 2.10. The number of carbonyl (C=O) groups is 1. The molecule has 1 aliphatic rings. The van der Waals surface area contributed by atoms with E-state index >= 15 is 0 Å². The van der Waals surface area contributed by atoms with Crippen LogP contribution in [0.2, 0.25) is 0 Å². The van der Waals surface area contributed by atoms with Crippen molar-refractivity contribution in [2.45, 2.75) is 38.6 Å². The van der Waals surface area contributed by atoms with Crippen molar-refractivity contribution >= 4 is 17.7 Å². The first-order valence-electron chi connectivity index (χ1n) is 5.82. The fraction of sp³-hybridized carbons (Fsp3) is 0.909. The average molecular weight is 230 g/mol. The van der Waals surface area contributed by atoms with Crippen molar-refractivity contribution < 1.29 is 4.79 Å². The molecule has 0 aromatic rings. The second-order valence-corrected chi connectivity index (χ2v) is 5.46. The molecule has 1 aliphatic heterocycles. The van der Waals surface area contributed by atoms with E-state index in [9.17, 15) is 4.79 Å². The van der Waals surface area contributed by atoms with Crippen LogP contribution in [0, 0.1) is 5.92 Å². The van der Waals surface area contributed by atoms with E-state index in [0.717, 1.165) is 13.0 Å². The van der Waals surface area contributed by atoms with Crippen LogP contribution in [0.5, 0.6) is 0 Å². The minimum atomic E-state index is 0.0203. The summed E-state index contributed by atoms with van der Waals surface area (Å²) in [6.07, 6.45) is 3.82. The summed E-state index contributed by atoms with van der Waals surface area (Å²) in [7, 11) is 0. The first-order chi connectivity index (χ1) is 7.22. The van der Waals surface area contributed by atoms with Gasteiger partial charge in [0.1, 0.15) is 0 Å². The number of hydrogen-bond donors (Lipinski definition) is 2. The predicted octanol–water partition coefficient (Wildman–Crippen LogP) is 1.37. The van der Waals surface area contributed by atoms with E-state index in [1.807, 2.05) is 18.7 Å². The van der Waals surface area contributed by atoms with Crippen molar-refractivity contribution in [3.05, 3.63) is 0 Å². The van der Waals surface area contributed by atoms with E-state index in [-0.39, 0.29) is 11.9 Å². The van der Waals surface area contributed by atoms with Crippen molar-refractivity contribution in [1.82, 2.24) is 5.32 Å². The topological polar surface area (TPSA) is 55.1 Å². The van der Waals surface area contributed by atoms with Gasteiger partial charge < -0.3 is 11.1 Å². The zero-order valence-electron chi connectivity index (χ0n) is 9.50. The van der Waals surface area contributed by atoms with Crippen molar-refractivity contribution in [3.8, 4) is 0 Å². The van der Waals surface area contributed by atoms with Gasteiger partial charge in [0.2, 0.25) is 5.91 Å². The summed E-state index contributed by atoms with van der Waals surface area (Å²) in [6.45, 7) is 2.85. The highest BCUT2D eigenvalue weighted by Crippen LogP contribution is 2.21. The van der Waals surface area contributed by atoms with Crippen LogP contribution in [0.1, 0.15) is 32.6 Å². The zero-order valence-corrected chi connectivity index (χ0v) is 10.3. The van der Waals surface area contributed by atoms with Crippen LogP contribution < -0.4 is 11.1 Å². The standard InChI is InChI=1S/C11H22N2OS/c1-2-10(12)7-11(14)13-8-9-3-5-15-6-4-9/h9-10H,2-8,12H2,1H3,(H,13,14). The van der Waals surface area contributed by atoms with Crippen LogP contribution in [-0.4, -0.2) is 30.0 Å². The number of rotatable bonds is 5. The lowest BCUT2D eigenvalue weighted by atomic mass is 10.0. The van der Waals surface area contributed by atoms with Crippen molar-refractivity contribution in [3.63, 3.8) is 0 Å². The maximum Gasteiger partial charge on any atom is 0.221 e. The molecule has 1 atom stereocenters. The fourth-order valence-corrected chi connectivity index (χ4v) is 2.87. The highest BCUT2D eigenvalue weighted by Gasteiger charge is 2.15. The maximum atomic E-state index is 11.5. The van der Waals surface area contributed by atoms with E-state index in [2.05, 4.69) is 5.32 Å². The van der Waals surface area contributed by atoms with Crippen LogP contribution in [0.3, 0.4) is 0 Å². The SMILES string of the molecule is CCC(N)CC(=O)NCC1CCSCC1. The number of carbonyl (C=O) groups excluding carboxylic acids is 1. The molecule has 0 aromatic heterocycles. The lowest BCUT2D eigenvalue weighted by molar-refractivity contribution is -0.121. The summed E-state index contributed by atoms with van der Waals surface area (Å²) in [6, 6.07) is 0.0203. The molecule has 1 fully saturated rings. The van der Waals surface area contributed by atoms with Crippen LogP contribution in [-0.2, 0) is 4.79 Å². The lowest BCUT2D eigenvalue weighted by Crippen LogP contribution is -2.35. The fourth-order valence-electron chi connectivity index (χ4n) is 1.66.